The molecule has 0 spiro atoms. The minimum absolute atomic E-state index is 0.0278. The van der Waals surface area contributed by atoms with Crippen molar-refractivity contribution < 1.29 is 9.53 Å². The first-order chi connectivity index (χ1) is 12.7. The van der Waals surface area contributed by atoms with Crippen molar-refractivity contribution in [2.45, 2.75) is 76.4 Å². The molecule has 1 heterocycles. The molecule has 5 nitrogen and oxygen atoms in total. The molecule has 5 fully saturated rings. The molecule has 5 aliphatic rings. The molecule has 0 unspecified atom stereocenters. The lowest BCUT2D eigenvalue weighted by molar-refractivity contribution is -0.147. The number of hydrogen-bond acceptors (Lipinski definition) is 4. The van der Waals surface area contributed by atoms with Crippen molar-refractivity contribution in [1.82, 2.24) is 15.3 Å². The van der Waals surface area contributed by atoms with Crippen LogP contribution in [0.1, 0.15) is 64.2 Å². The van der Waals surface area contributed by atoms with E-state index in [1.165, 1.54) is 19.3 Å². The van der Waals surface area contributed by atoms with Crippen LogP contribution >= 0.6 is 0 Å². The number of hydrogen-bond donors (Lipinski definition) is 1. The Balaban J connectivity index is 1.15. The summed E-state index contributed by atoms with van der Waals surface area (Å²) in [6, 6.07) is 2.57. The summed E-state index contributed by atoms with van der Waals surface area (Å²) >= 11 is 0. The molecule has 1 aromatic heterocycles. The molecule has 6 rings (SSSR count). The highest BCUT2D eigenvalue weighted by atomic mass is 16.5. The molecule has 5 aliphatic carbocycles. The highest BCUT2D eigenvalue weighted by Crippen LogP contribution is 2.60. The van der Waals surface area contributed by atoms with Gasteiger partial charge in [0, 0.05) is 23.9 Å². The first kappa shape index (κ1) is 16.5. The molecule has 0 radical (unpaired) electrons. The summed E-state index contributed by atoms with van der Waals surface area (Å²) in [4.78, 5) is 21.5. The van der Waals surface area contributed by atoms with Crippen LogP contribution in [0.4, 0.5) is 0 Å². The van der Waals surface area contributed by atoms with Crippen LogP contribution in [0.25, 0.3) is 0 Å². The number of rotatable bonds is 4. The molecule has 0 aromatic carbocycles. The van der Waals surface area contributed by atoms with E-state index in [9.17, 15) is 4.79 Å². The first-order valence-electron chi connectivity index (χ1n) is 10.4. The smallest absolute Gasteiger partial charge is 0.316 e. The fourth-order valence-corrected chi connectivity index (χ4v) is 6.55. The summed E-state index contributed by atoms with van der Waals surface area (Å²) in [6.07, 6.45) is 15.1. The molecule has 5 heteroatoms. The van der Waals surface area contributed by atoms with Crippen molar-refractivity contribution in [3.63, 3.8) is 0 Å². The van der Waals surface area contributed by atoms with Crippen molar-refractivity contribution in [3.05, 3.63) is 18.5 Å². The van der Waals surface area contributed by atoms with Gasteiger partial charge >= 0.3 is 6.01 Å². The minimum Gasteiger partial charge on any atom is -0.460 e. The van der Waals surface area contributed by atoms with Gasteiger partial charge in [0.15, 0.2) is 0 Å². The van der Waals surface area contributed by atoms with Gasteiger partial charge in [0.05, 0.1) is 0 Å². The Bertz CT molecular complexity index is 619. The Labute approximate surface area is 155 Å². The minimum atomic E-state index is -0.0278. The van der Waals surface area contributed by atoms with Crippen molar-refractivity contribution in [1.29, 1.82) is 0 Å². The fraction of sp³-hybridized carbons (Fsp3) is 0.762. The van der Waals surface area contributed by atoms with E-state index in [0.717, 1.165) is 62.7 Å². The normalized spacial score (nSPS) is 41.0. The second kappa shape index (κ2) is 6.50. The van der Waals surface area contributed by atoms with Crippen LogP contribution in [0.3, 0.4) is 0 Å². The van der Waals surface area contributed by atoms with E-state index in [1.54, 1.807) is 18.5 Å². The molecule has 1 N–H and O–H groups in total. The second-order valence-electron chi connectivity index (χ2n) is 9.29. The SMILES string of the molecule is O=C(NC1CCC(Oc2ncccn2)CC1)C12CC3CC(CC(C3)C1)C2. The van der Waals surface area contributed by atoms with Gasteiger partial charge in [-0.15, -0.1) is 0 Å². The van der Waals surface area contributed by atoms with Crippen molar-refractivity contribution in [3.8, 4) is 6.01 Å². The van der Waals surface area contributed by atoms with Gasteiger partial charge in [0.2, 0.25) is 5.91 Å². The molecule has 4 bridgehead atoms. The zero-order chi connectivity index (χ0) is 17.6. The van der Waals surface area contributed by atoms with Crippen LogP contribution in [0.5, 0.6) is 6.01 Å². The van der Waals surface area contributed by atoms with E-state index < -0.39 is 0 Å². The maximum absolute atomic E-state index is 13.2. The molecule has 140 valence electrons. The molecule has 1 aromatic rings. The Morgan fingerprint density at radius 2 is 1.54 bits per heavy atom. The maximum atomic E-state index is 13.2. The zero-order valence-corrected chi connectivity index (χ0v) is 15.4. The summed E-state index contributed by atoms with van der Waals surface area (Å²) in [5, 5.41) is 3.43. The fourth-order valence-electron chi connectivity index (χ4n) is 6.55. The van der Waals surface area contributed by atoms with Gasteiger partial charge < -0.3 is 10.1 Å². The summed E-state index contributed by atoms with van der Waals surface area (Å²) in [6.45, 7) is 0. The van der Waals surface area contributed by atoms with E-state index in [-0.39, 0.29) is 11.5 Å². The van der Waals surface area contributed by atoms with E-state index >= 15 is 0 Å². The number of carbonyl (C=O) groups is 1. The lowest BCUT2D eigenvalue weighted by atomic mass is 9.49. The van der Waals surface area contributed by atoms with E-state index in [0.29, 0.717) is 18.0 Å². The molecular weight excluding hydrogens is 326 g/mol. The van der Waals surface area contributed by atoms with Crippen LogP contribution in [-0.2, 0) is 4.79 Å². The van der Waals surface area contributed by atoms with Gasteiger partial charge in [0.25, 0.3) is 0 Å². The van der Waals surface area contributed by atoms with Gasteiger partial charge in [-0.1, -0.05) is 0 Å². The summed E-state index contributed by atoms with van der Waals surface area (Å²) in [5.74, 6) is 2.83. The van der Waals surface area contributed by atoms with Crippen LogP contribution in [-0.4, -0.2) is 28.0 Å². The third kappa shape index (κ3) is 3.10. The maximum Gasteiger partial charge on any atom is 0.316 e. The van der Waals surface area contributed by atoms with Crippen LogP contribution < -0.4 is 10.1 Å². The molecular formula is C21H29N3O2. The van der Waals surface area contributed by atoms with Gasteiger partial charge in [-0.3, -0.25) is 4.79 Å². The highest BCUT2D eigenvalue weighted by molar-refractivity contribution is 5.83. The van der Waals surface area contributed by atoms with Crippen molar-refractivity contribution >= 4 is 5.91 Å². The summed E-state index contributed by atoms with van der Waals surface area (Å²) < 4.78 is 5.87. The van der Waals surface area contributed by atoms with Gasteiger partial charge in [-0.2, -0.15) is 0 Å². The number of ether oxygens (including phenoxy) is 1. The zero-order valence-electron chi connectivity index (χ0n) is 15.4. The van der Waals surface area contributed by atoms with Gasteiger partial charge in [-0.05, 0) is 88.0 Å². The number of nitrogens with one attached hydrogen (secondary N) is 1. The third-order valence-corrected chi connectivity index (χ3v) is 7.34. The number of nitrogens with zero attached hydrogens (tertiary/aromatic N) is 2. The van der Waals surface area contributed by atoms with Gasteiger partial charge in [0.1, 0.15) is 6.10 Å². The number of aromatic nitrogens is 2. The van der Waals surface area contributed by atoms with Crippen molar-refractivity contribution in [2.75, 3.05) is 0 Å². The highest BCUT2D eigenvalue weighted by Gasteiger charge is 2.54. The molecule has 26 heavy (non-hydrogen) atoms. The predicted molar refractivity (Wildman–Crippen MR) is 97.5 cm³/mol. The van der Waals surface area contributed by atoms with Crippen LogP contribution in [0, 0.1) is 23.2 Å². The average Bonchev–Trinajstić information content (AvgIpc) is 2.63. The Hall–Kier alpha value is -1.65. The van der Waals surface area contributed by atoms with E-state index in [2.05, 4.69) is 15.3 Å². The lowest BCUT2D eigenvalue weighted by Crippen LogP contribution is -2.55. The molecule has 5 saturated carbocycles. The Kier molecular flexibility index (Phi) is 4.13. The molecule has 1 amide bonds. The van der Waals surface area contributed by atoms with Crippen LogP contribution in [0.15, 0.2) is 18.5 Å². The average molecular weight is 355 g/mol. The Morgan fingerprint density at radius 1 is 0.962 bits per heavy atom. The van der Waals surface area contributed by atoms with Gasteiger partial charge in [-0.25, -0.2) is 9.97 Å². The largest absolute Gasteiger partial charge is 0.460 e. The van der Waals surface area contributed by atoms with E-state index in [4.69, 9.17) is 4.74 Å². The topological polar surface area (TPSA) is 64.1 Å². The molecule has 0 aliphatic heterocycles. The quantitative estimate of drug-likeness (QED) is 0.898. The third-order valence-electron chi connectivity index (χ3n) is 7.34. The summed E-state index contributed by atoms with van der Waals surface area (Å²) in [5.41, 5.74) is -0.0278. The number of amides is 1. The molecule has 0 saturated heterocycles. The molecule has 0 atom stereocenters. The van der Waals surface area contributed by atoms with E-state index in [1.807, 2.05) is 0 Å². The predicted octanol–water partition coefficient (Wildman–Crippen LogP) is 3.50. The first-order valence-corrected chi connectivity index (χ1v) is 10.4. The summed E-state index contributed by atoms with van der Waals surface area (Å²) in [7, 11) is 0. The Morgan fingerprint density at radius 3 is 2.12 bits per heavy atom. The standard InChI is InChI=1S/C21H29N3O2/c25-19(21-11-14-8-15(12-21)10-16(9-14)13-21)24-17-2-4-18(5-3-17)26-20-22-6-1-7-23-20/h1,6-7,14-18H,2-5,8-13H2,(H,24,25). The lowest BCUT2D eigenvalue weighted by Gasteiger charge is -2.56. The van der Waals surface area contributed by atoms with Crippen LogP contribution in [0.2, 0.25) is 0 Å². The number of carbonyl (C=O) groups excluding carboxylic acids is 1. The monoisotopic (exact) mass is 355 g/mol. The van der Waals surface area contributed by atoms with Crippen molar-refractivity contribution in [2.24, 2.45) is 23.2 Å². The second-order valence-corrected chi connectivity index (χ2v) is 9.29.